The molecular formula is C20H21Cl2NO3. The van der Waals surface area contributed by atoms with Crippen LogP contribution in [0.4, 0.5) is 0 Å². The van der Waals surface area contributed by atoms with Crippen molar-refractivity contribution in [3.05, 3.63) is 64.1 Å². The van der Waals surface area contributed by atoms with Crippen LogP contribution in [0.1, 0.15) is 33.3 Å². The first kappa shape index (κ1) is 20.3. The average molecular weight is 394 g/mol. The van der Waals surface area contributed by atoms with Crippen molar-refractivity contribution < 1.29 is 14.3 Å². The predicted molar refractivity (Wildman–Crippen MR) is 104 cm³/mol. The van der Waals surface area contributed by atoms with Crippen LogP contribution in [0.2, 0.25) is 10.0 Å². The highest BCUT2D eigenvalue weighted by molar-refractivity contribution is 6.35. The number of carbonyl (C=O) groups excluding carboxylic acids is 1. The fourth-order valence-corrected chi connectivity index (χ4v) is 2.74. The van der Waals surface area contributed by atoms with Crippen molar-refractivity contribution in [2.24, 2.45) is 5.41 Å². The van der Waals surface area contributed by atoms with Crippen molar-refractivity contribution in [3.8, 4) is 5.75 Å². The number of hydrogen-bond donors (Lipinski definition) is 0. The number of nitrogens with zero attached hydrogens (tertiary/aromatic N) is 1. The van der Waals surface area contributed by atoms with E-state index < -0.39 is 17.5 Å². The number of benzene rings is 1. The van der Waals surface area contributed by atoms with E-state index in [0.717, 1.165) is 5.56 Å². The number of hydrogen-bond acceptors (Lipinski definition) is 4. The van der Waals surface area contributed by atoms with Gasteiger partial charge < -0.3 is 9.47 Å². The Labute approximate surface area is 163 Å². The zero-order valence-electron chi connectivity index (χ0n) is 15.1. The summed E-state index contributed by atoms with van der Waals surface area (Å²) in [6, 6.07) is 8.65. The van der Waals surface area contributed by atoms with Gasteiger partial charge >= 0.3 is 5.97 Å². The van der Waals surface area contributed by atoms with Crippen molar-refractivity contribution in [3.63, 3.8) is 0 Å². The van der Waals surface area contributed by atoms with Crippen LogP contribution in [0.5, 0.6) is 5.75 Å². The Kier molecular flexibility index (Phi) is 6.68. The maximum absolute atomic E-state index is 11.7. The van der Waals surface area contributed by atoms with E-state index in [0.29, 0.717) is 21.6 Å². The van der Waals surface area contributed by atoms with E-state index in [1.807, 2.05) is 32.9 Å². The second-order valence-corrected chi connectivity index (χ2v) is 7.71. The van der Waals surface area contributed by atoms with E-state index >= 15 is 0 Å². The largest absolute Gasteiger partial charge is 0.456 e. The molecule has 0 radical (unpaired) electrons. The van der Waals surface area contributed by atoms with E-state index in [1.54, 1.807) is 36.7 Å². The molecular weight excluding hydrogens is 373 g/mol. The van der Waals surface area contributed by atoms with E-state index in [9.17, 15) is 4.79 Å². The standard InChI is InChI=1S/C20H21Cl2NO3/c1-13(24)25-19(20(2,3)4)18(10-14-6-5-9-23-12-14)26-17-8-7-15(21)11-16(17)22/h5-12,19H,1-4H3/b18-10+. The van der Waals surface area contributed by atoms with E-state index in [4.69, 9.17) is 32.7 Å². The number of halogens is 2. The molecule has 4 nitrogen and oxygen atoms in total. The first-order valence-corrected chi connectivity index (χ1v) is 8.84. The third kappa shape index (κ3) is 5.75. The Hall–Kier alpha value is -2.04. The molecule has 0 amide bonds. The van der Waals surface area contributed by atoms with Gasteiger partial charge in [-0.25, -0.2) is 0 Å². The summed E-state index contributed by atoms with van der Waals surface area (Å²) in [5.74, 6) is 0.477. The van der Waals surface area contributed by atoms with Gasteiger partial charge in [-0.05, 0) is 35.9 Å². The second-order valence-electron chi connectivity index (χ2n) is 6.87. The van der Waals surface area contributed by atoms with E-state index in [-0.39, 0.29) is 0 Å². The normalized spacial score (nSPS) is 13.2. The highest BCUT2D eigenvalue weighted by atomic mass is 35.5. The summed E-state index contributed by atoms with van der Waals surface area (Å²) in [6.45, 7) is 7.26. The number of rotatable bonds is 5. The van der Waals surface area contributed by atoms with E-state index in [1.165, 1.54) is 6.92 Å². The highest BCUT2D eigenvalue weighted by Crippen LogP contribution is 2.34. The zero-order valence-corrected chi connectivity index (χ0v) is 16.6. The van der Waals surface area contributed by atoms with Crippen LogP contribution in [-0.2, 0) is 9.53 Å². The summed E-state index contributed by atoms with van der Waals surface area (Å²) in [5, 5.41) is 0.873. The molecule has 2 aromatic rings. The van der Waals surface area contributed by atoms with Crippen LogP contribution in [0.15, 0.2) is 48.5 Å². The molecule has 1 aromatic carbocycles. The van der Waals surface area contributed by atoms with Gasteiger partial charge in [-0.1, -0.05) is 50.0 Å². The predicted octanol–water partition coefficient (Wildman–Crippen LogP) is 5.79. The van der Waals surface area contributed by atoms with Gasteiger partial charge in [0.1, 0.15) is 11.5 Å². The molecule has 0 aliphatic rings. The van der Waals surface area contributed by atoms with Crippen molar-refractivity contribution in [1.29, 1.82) is 0 Å². The quantitative estimate of drug-likeness (QED) is 0.476. The second kappa shape index (κ2) is 8.56. The van der Waals surface area contributed by atoms with Gasteiger partial charge in [-0.3, -0.25) is 9.78 Å². The molecule has 0 aliphatic heterocycles. The van der Waals surface area contributed by atoms with Crippen LogP contribution in [0.25, 0.3) is 6.08 Å². The fourth-order valence-electron chi connectivity index (χ4n) is 2.30. The lowest BCUT2D eigenvalue weighted by atomic mass is 9.87. The fraction of sp³-hybridized carbons (Fsp3) is 0.300. The third-order valence-electron chi connectivity index (χ3n) is 3.44. The van der Waals surface area contributed by atoms with Gasteiger partial charge in [-0.15, -0.1) is 0 Å². The molecule has 0 bridgehead atoms. The molecule has 0 saturated carbocycles. The van der Waals surface area contributed by atoms with Crippen LogP contribution >= 0.6 is 23.2 Å². The number of pyridine rings is 1. The summed E-state index contributed by atoms with van der Waals surface area (Å²) in [4.78, 5) is 15.8. The molecule has 0 fully saturated rings. The molecule has 2 rings (SSSR count). The van der Waals surface area contributed by atoms with Gasteiger partial charge in [0.25, 0.3) is 0 Å². The SMILES string of the molecule is CC(=O)OC(/C(=C\c1cccnc1)Oc1ccc(Cl)cc1Cl)C(C)(C)C. The zero-order chi connectivity index (χ0) is 19.3. The lowest BCUT2D eigenvalue weighted by molar-refractivity contribution is -0.150. The molecule has 0 aliphatic carbocycles. The molecule has 0 spiro atoms. The van der Waals surface area contributed by atoms with Crippen molar-refractivity contribution in [2.75, 3.05) is 0 Å². The molecule has 138 valence electrons. The summed E-state index contributed by atoms with van der Waals surface area (Å²) in [6.07, 6.45) is 4.55. The monoisotopic (exact) mass is 393 g/mol. The Morgan fingerprint density at radius 1 is 1.23 bits per heavy atom. The van der Waals surface area contributed by atoms with Gasteiger partial charge in [0.15, 0.2) is 6.10 Å². The minimum Gasteiger partial charge on any atom is -0.456 e. The maximum atomic E-state index is 11.7. The maximum Gasteiger partial charge on any atom is 0.303 e. The van der Waals surface area contributed by atoms with Crippen LogP contribution in [0.3, 0.4) is 0 Å². The smallest absolute Gasteiger partial charge is 0.303 e. The Balaban J connectivity index is 2.50. The summed E-state index contributed by atoms with van der Waals surface area (Å²) in [5.41, 5.74) is 0.410. The number of ether oxygens (including phenoxy) is 2. The molecule has 0 N–H and O–H groups in total. The molecule has 1 heterocycles. The van der Waals surface area contributed by atoms with Crippen LogP contribution < -0.4 is 4.74 Å². The first-order valence-electron chi connectivity index (χ1n) is 8.08. The molecule has 1 atom stereocenters. The Morgan fingerprint density at radius 2 is 1.96 bits per heavy atom. The summed E-state index contributed by atoms with van der Waals surface area (Å²) >= 11 is 12.2. The first-order chi connectivity index (χ1) is 12.2. The van der Waals surface area contributed by atoms with Gasteiger partial charge in [-0.2, -0.15) is 0 Å². The number of carbonyl (C=O) groups is 1. The van der Waals surface area contributed by atoms with Gasteiger partial charge in [0.05, 0.1) is 5.02 Å². The minimum absolute atomic E-state index is 0.366. The Morgan fingerprint density at radius 3 is 2.50 bits per heavy atom. The molecule has 0 saturated heterocycles. The van der Waals surface area contributed by atoms with Gasteiger partial charge in [0.2, 0.25) is 0 Å². The molecule has 6 heteroatoms. The minimum atomic E-state index is -0.619. The third-order valence-corrected chi connectivity index (χ3v) is 3.97. The lowest BCUT2D eigenvalue weighted by Gasteiger charge is -2.31. The van der Waals surface area contributed by atoms with E-state index in [2.05, 4.69) is 4.98 Å². The molecule has 1 aromatic heterocycles. The summed E-state index contributed by atoms with van der Waals surface area (Å²) < 4.78 is 11.6. The van der Waals surface area contributed by atoms with Crippen molar-refractivity contribution in [2.45, 2.75) is 33.8 Å². The van der Waals surface area contributed by atoms with Crippen LogP contribution in [-0.4, -0.2) is 17.1 Å². The molecule has 1 unspecified atom stereocenters. The summed E-state index contributed by atoms with van der Waals surface area (Å²) in [7, 11) is 0. The Bertz CT molecular complexity index is 798. The van der Waals surface area contributed by atoms with Crippen LogP contribution in [0, 0.1) is 5.41 Å². The molecule has 26 heavy (non-hydrogen) atoms. The van der Waals surface area contributed by atoms with Gasteiger partial charge in [0, 0.05) is 29.8 Å². The number of aromatic nitrogens is 1. The lowest BCUT2D eigenvalue weighted by Crippen LogP contribution is -2.34. The number of esters is 1. The van der Waals surface area contributed by atoms with Crippen molar-refractivity contribution >= 4 is 35.2 Å². The van der Waals surface area contributed by atoms with Crippen molar-refractivity contribution in [1.82, 2.24) is 4.98 Å². The topological polar surface area (TPSA) is 48.4 Å². The highest BCUT2D eigenvalue weighted by Gasteiger charge is 2.33. The average Bonchev–Trinajstić information content (AvgIpc) is 2.54.